The summed E-state index contributed by atoms with van der Waals surface area (Å²) in [7, 11) is -2.61. The lowest BCUT2D eigenvalue weighted by Crippen LogP contribution is -2.23. The predicted molar refractivity (Wildman–Crippen MR) is 85.9 cm³/mol. The number of benzene rings is 2. The van der Waals surface area contributed by atoms with Crippen molar-refractivity contribution in [3.63, 3.8) is 0 Å². The zero-order chi connectivity index (χ0) is 17.0. The zero-order valence-corrected chi connectivity index (χ0v) is 14.4. The summed E-state index contributed by atoms with van der Waals surface area (Å²) in [4.78, 5) is 11.6. The summed E-state index contributed by atoms with van der Waals surface area (Å²) in [5, 5.41) is 0. The molecule has 0 fully saturated rings. The van der Waals surface area contributed by atoms with Gasteiger partial charge in [0.15, 0.2) is 0 Å². The van der Waals surface area contributed by atoms with Crippen molar-refractivity contribution in [3.05, 3.63) is 63.9 Å². The van der Waals surface area contributed by atoms with Gasteiger partial charge >= 0.3 is 5.97 Å². The molecule has 0 aliphatic rings. The number of sulfonamides is 1. The minimum absolute atomic E-state index is 0.00619. The summed E-state index contributed by atoms with van der Waals surface area (Å²) < 4.78 is 44.9. The number of carbonyl (C=O) groups excluding carboxylic acids is 1. The number of hydrogen-bond acceptors (Lipinski definition) is 4. The number of esters is 1. The number of ether oxygens (including phenoxy) is 1. The van der Waals surface area contributed by atoms with E-state index < -0.39 is 21.8 Å². The summed E-state index contributed by atoms with van der Waals surface area (Å²) in [6.07, 6.45) is 0. The average Bonchev–Trinajstić information content (AvgIpc) is 2.54. The van der Waals surface area contributed by atoms with E-state index >= 15 is 0 Å². The van der Waals surface area contributed by atoms with E-state index in [1.165, 1.54) is 49.6 Å². The quantitative estimate of drug-likeness (QED) is 0.781. The number of rotatable bonds is 5. The normalized spacial score (nSPS) is 11.3. The van der Waals surface area contributed by atoms with Gasteiger partial charge in [0.05, 0.1) is 17.6 Å². The van der Waals surface area contributed by atoms with Gasteiger partial charge in [0.1, 0.15) is 5.82 Å². The Labute approximate surface area is 141 Å². The maximum atomic E-state index is 12.8. The second-order valence-corrected chi connectivity index (χ2v) is 7.21. The summed E-state index contributed by atoms with van der Waals surface area (Å²) >= 11 is 3.17. The van der Waals surface area contributed by atoms with Crippen LogP contribution in [0.15, 0.2) is 51.8 Å². The third-order valence-electron chi connectivity index (χ3n) is 3.03. The minimum atomic E-state index is -3.82. The second-order valence-electron chi connectivity index (χ2n) is 4.58. The molecule has 2 aromatic rings. The van der Waals surface area contributed by atoms with Crippen molar-refractivity contribution in [2.75, 3.05) is 7.11 Å². The first kappa shape index (κ1) is 17.6. The van der Waals surface area contributed by atoms with Crippen LogP contribution in [0.5, 0.6) is 0 Å². The van der Waals surface area contributed by atoms with Gasteiger partial charge in [-0.2, -0.15) is 0 Å². The van der Waals surface area contributed by atoms with Crippen LogP contribution >= 0.6 is 15.9 Å². The third kappa shape index (κ3) is 4.37. The topological polar surface area (TPSA) is 72.5 Å². The van der Waals surface area contributed by atoms with Gasteiger partial charge in [-0.05, 0) is 51.8 Å². The van der Waals surface area contributed by atoms with Gasteiger partial charge in [-0.25, -0.2) is 22.3 Å². The minimum Gasteiger partial charge on any atom is -0.465 e. The molecule has 0 aliphatic heterocycles. The molecule has 0 atom stereocenters. The molecule has 0 amide bonds. The highest BCUT2D eigenvalue weighted by Gasteiger charge is 2.18. The molecule has 0 bridgehead atoms. The van der Waals surface area contributed by atoms with E-state index in [-0.39, 0.29) is 17.0 Å². The largest absolute Gasteiger partial charge is 0.465 e. The van der Waals surface area contributed by atoms with Crippen LogP contribution in [0.25, 0.3) is 0 Å². The molecular weight excluding hydrogens is 389 g/mol. The van der Waals surface area contributed by atoms with Crippen molar-refractivity contribution in [1.29, 1.82) is 0 Å². The van der Waals surface area contributed by atoms with Gasteiger partial charge in [0.2, 0.25) is 10.0 Å². The van der Waals surface area contributed by atoms with Crippen molar-refractivity contribution in [3.8, 4) is 0 Å². The van der Waals surface area contributed by atoms with Crippen LogP contribution in [0.4, 0.5) is 4.39 Å². The second kappa shape index (κ2) is 7.20. The van der Waals surface area contributed by atoms with E-state index in [9.17, 15) is 17.6 Å². The van der Waals surface area contributed by atoms with Gasteiger partial charge in [-0.1, -0.05) is 12.1 Å². The van der Waals surface area contributed by atoms with Crippen molar-refractivity contribution in [1.82, 2.24) is 4.72 Å². The summed E-state index contributed by atoms with van der Waals surface area (Å²) in [6.45, 7) is 0.00619. The van der Waals surface area contributed by atoms with E-state index in [0.29, 0.717) is 10.0 Å². The molecule has 0 spiro atoms. The van der Waals surface area contributed by atoms with Crippen LogP contribution in [-0.4, -0.2) is 21.5 Å². The number of methoxy groups -OCH3 is 1. The molecule has 0 heterocycles. The highest BCUT2D eigenvalue weighted by atomic mass is 79.9. The number of halogens is 2. The molecule has 23 heavy (non-hydrogen) atoms. The van der Waals surface area contributed by atoms with Gasteiger partial charge in [-0.3, -0.25) is 0 Å². The van der Waals surface area contributed by atoms with E-state index in [4.69, 9.17) is 0 Å². The Morgan fingerprint density at radius 1 is 1.22 bits per heavy atom. The molecule has 0 aromatic heterocycles. The van der Waals surface area contributed by atoms with Crippen molar-refractivity contribution < 1.29 is 22.3 Å². The Morgan fingerprint density at radius 2 is 1.87 bits per heavy atom. The summed E-state index contributed by atoms with van der Waals surface area (Å²) in [5.74, 6) is -1.04. The Kier molecular flexibility index (Phi) is 5.51. The van der Waals surface area contributed by atoms with Crippen LogP contribution in [0, 0.1) is 5.82 Å². The van der Waals surface area contributed by atoms with E-state index in [1.54, 1.807) is 0 Å². The summed E-state index contributed by atoms with van der Waals surface area (Å²) in [5.41, 5.74) is 0.720. The van der Waals surface area contributed by atoms with Crippen LogP contribution in [0.1, 0.15) is 15.9 Å². The Balaban J connectivity index is 2.22. The van der Waals surface area contributed by atoms with Crippen molar-refractivity contribution >= 4 is 31.9 Å². The molecule has 0 radical (unpaired) electrons. The first-order valence-corrected chi connectivity index (χ1v) is 8.73. The molecule has 0 unspecified atom stereocenters. The Bertz CT molecular complexity index is 822. The molecule has 2 aromatic carbocycles. The molecule has 8 heteroatoms. The Morgan fingerprint density at radius 3 is 2.48 bits per heavy atom. The van der Waals surface area contributed by atoms with Gasteiger partial charge in [0.25, 0.3) is 0 Å². The fourth-order valence-electron chi connectivity index (χ4n) is 1.80. The average molecular weight is 402 g/mol. The standard InChI is InChI=1S/C15H13BrFNO4S/c1-22-15(19)13-8-12(6-7-14(13)16)23(20,21)18-9-10-2-4-11(17)5-3-10/h2-8,18H,9H2,1H3. The first-order chi connectivity index (χ1) is 10.8. The zero-order valence-electron chi connectivity index (χ0n) is 12.0. The van der Waals surface area contributed by atoms with E-state index in [1.807, 2.05) is 0 Å². The molecule has 5 nitrogen and oxygen atoms in total. The van der Waals surface area contributed by atoms with Gasteiger partial charge in [-0.15, -0.1) is 0 Å². The third-order valence-corrected chi connectivity index (χ3v) is 5.12. The van der Waals surface area contributed by atoms with Crippen molar-refractivity contribution in [2.24, 2.45) is 0 Å². The fraction of sp³-hybridized carbons (Fsp3) is 0.133. The predicted octanol–water partition coefficient (Wildman–Crippen LogP) is 2.85. The van der Waals surface area contributed by atoms with Crippen LogP contribution in [0.3, 0.4) is 0 Å². The molecule has 0 saturated carbocycles. The molecular formula is C15H13BrFNO4S. The van der Waals surface area contributed by atoms with Gasteiger partial charge < -0.3 is 4.74 Å². The molecule has 0 aliphatic carbocycles. The van der Waals surface area contributed by atoms with Gasteiger partial charge in [0, 0.05) is 11.0 Å². The van der Waals surface area contributed by atoms with Crippen LogP contribution < -0.4 is 4.72 Å². The van der Waals surface area contributed by atoms with Crippen molar-refractivity contribution in [2.45, 2.75) is 11.4 Å². The van der Waals surface area contributed by atoms with E-state index in [0.717, 1.165) is 0 Å². The lowest BCUT2D eigenvalue weighted by molar-refractivity contribution is 0.0599. The lowest BCUT2D eigenvalue weighted by Gasteiger charge is -2.09. The number of carbonyl (C=O) groups is 1. The highest BCUT2D eigenvalue weighted by Crippen LogP contribution is 2.22. The molecule has 1 N–H and O–H groups in total. The smallest absolute Gasteiger partial charge is 0.339 e. The number of hydrogen-bond donors (Lipinski definition) is 1. The van der Waals surface area contributed by atoms with Crippen LogP contribution in [-0.2, 0) is 21.3 Å². The number of nitrogens with one attached hydrogen (secondary N) is 1. The Hall–Kier alpha value is -1.77. The first-order valence-electron chi connectivity index (χ1n) is 6.45. The molecule has 0 saturated heterocycles. The molecule has 2 rings (SSSR count). The summed E-state index contributed by atoms with van der Waals surface area (Å²) in [6, 6.07) is 9.51. The maximum absolute atomic E-state index is 12.8. The molecule has 122 valence electrons. The van der Waals surface area contributed by atoms with E-state index in [2.05, 4.69) is 25.4 Å². The fourth-order valence-corrected chi connectivity index (χ4v) is 3.25. The lowest BCUT2D eigenvalue weighted by atomic mass is 10.2. The SMILES string of the molecule is COC(=O)c1cc(S(=O)(=O)NCc2ccc(F)cc2)ccc1Br. The maximum Gasteiger partial charge on any atom is 0.339 e. The van der Waals surface area contributed by atoms with Crippen LogP contribution in [0.2, 0.25) is 0 Å². The monoisotopic (exact) mass is 401 g/mol. The highest BCUT2D eigenvalue weighted by molar-refractivity contribution is 9.10.